The number of likely N-dealkylation sites (N-methyl/N-ethyl adjacent to an activating group) is 1. The number of hydrogen-bond donors (Lipinski definition) is 2. The highest BCUT2D eigenvalue weighted by molar-refractivity contribution is 7.58. The zero-order valence-corrected chi connectivity index (χ0v) is 29.3. The Kier molecular flexibility index (Phi) is 11.0. The van der Waals surface area contributed by atoms with Crippen LogP contribution in [0.2, 0.25) is 0 Å². The molecule has 14 nitrogen and oxygen atoms in total. The molecule has 0 radical (unpaired) electrons. The third-order valence-corrected chi connectivity index (χ3v) is 10.2. The molecule has 2 aromatic carbocycles. The molecule has 1 aromatic heterocycles. The van der Waals surface area contributed by atoms with Gasteiger partial charge in [-0.05, 0) is 39.0 Å². The molecule has 3 atom stereocenters. The smallest absolute Gasteiger partial charge is 0.363 e. The van der Waals surface area contributed by atoms with Crippen LogP contribution in [0.4, 0.5) is 8.78 Å². The molecule has 2 aliphatic heterocycles. The summed E-state index contributed by atoms with van der Waals surface area (Å²) < 4.78 is 64.4. The van der Waals surface area contributed by atoms with E-state index in [0.717, 1.165) is 23.0 Å². The monoisotopic (exact) mass is 729 g/mol. The number of aromatic nitrogens is 1. The minimum Gasteiger partial charge on any atom is -0.502 e. The van der Waals surface area contributed by atoms with E-state index in [0.29, 0.717) is 6.07 Å². The van der Waals surface area contributed by atoms with Crippen LogP contribution in [0.3, 0.4) is 0 Å². The third kappa shape index (κ3) is 7.81. The third-order valence-electron chi connectivity index (χ3n) is 8.49. The van der Waals surface area contributed by atoms with Gasteiger partial charge in [0.2, 0.25) is 5.43 Å². The first-order valence-electron chi connectivity index (χ1n) is 16.1. The van der Waals surface area contributed by atoms with Gasteiger partial charge in [-0.3, -0.25) is 33.4 Å². The summed E-state index contributed by atoms with van der Waals surface area (Å²) in [5, 5.41) is 15.0. The van der Waals surface area contributed by atoms with E-state index < -0.39 is 77.5 Å². The summed E-state index contributed by atoms with van der Waals surface area (Å²) in [4.78, 5) is 54.1. The van der Waals surface area contributed by atoms with Crippen molar-refractivity contribution < 1.29 is 46.8 Å². The number of carbonyl (C=O) groups excluding carboxylic acids is 3. The summed E-state index contributed by atoms with van der Waals surface area (Å²) in [6, 6.07) is 11.0. The van der Waals surface area contributed by atoms with Gasteiger partial charge in [-0.15, -0.1) is 0 Å². The van der Waals surface area contributed by atoms with Crippen molar-refractivity contribution in [1.29, 1.82) is 0 Å². The number of aromatic hydroxyl groups is 1. The number of nitrogens with one attached hydrogen (secondary N) is 1. The van der Waals surface area contributed by atoms with Crippen LogP contribution in [0.1, 0.15) is 53.6 Å². The van der Waals surface area contributed by atoms with Gasteiger partial charge in [0.05, 0.1) is 31.4 Å². The van der Waals surface area contributed by atoms with Crippen LogP contribution in [0.5, 0.6) is 11.5 Å². The lowest BCUT2D eigenvalue weighted by molar-refractivity contribution is -0.149. The topological polar surface area (TPSA) is 169 Å². The van der Waals surface area contributed by atoms with Crippen molar-refractivity contribution in [1.82, 2.24) is 14.9 Å². The first-order chi connectivity index (χ1) is 24.2. The van der Waals surface area contributed by atoms with Crippen molar-refractivity contribution in [2.45, 2.75) is 45.5 Å². The number of carbonyl (C=O) groups is 3. The molecule has 1 spiro atoms. The summed E-state index contributed by atoms with van der Waals surface area (Å²) in [7, 11) is -2.58. The number of pyridine rings is 1. The quantitative estimate of drug-likeness (QED) is 0.159. The van der Waals surface area contributed by atoms with E-state index in [9.17, 15) is 37.6 Å². The molecule has 0 bridgehead atoms. The van der Waals surface area contributed by atoms with E-state index in [-0.39, 0.29) is 49.8 Å². The fraction of sp³-hybridized carbons (Fsp3) is 0.382. The van der Waals surface area contributed by atoms with Gasteiger partial charge in [0.1, 0.15) is 22.9 Å². The number of rotatable bonds is 12. The maximum Gasteiger partial charge on any atom is 0.363 e. The second-order valence-corrected chi connectivity index (χ2v) is 14.5. The van der Waals surface area contributed by atoms with E-state index in [1.54, 1.807) is 49.2 Å². The normalized spacial score (nSPS) is 18.9. The molecule has 17 heteroatoms. The molecule has 3 heterocycles. The highest BCUT2D eigenvalue weighted by atomic mass is 31.2. The largest absolute Gasteiger partial charge is 0.502 e. The van der Waals surface area contributed by atoms with E-state index >= 15 is 0 Å². The number of nitrogens with zero attached hydrogens (tertiary/aromatic N) is 4. The van der Waals surface area contributed by atoms with Gasteiger partial charge in [-0.25, -0.2) is 13.5 Å². The molecule has 2 N–H and O–H groups in total. The molecule has 1 saturated heterocycles. The van der Waals surface area contributed by atoms with E-state index in [4.69, 9.17) is 14.0 Å². The lowest BCUT2D eigenvalue weighted by atomic mass is 10.0. The lowest BCUT2D eigenvalue weighted by Crippen LogP contribution is -2.70. The van der Waals surface area contributed by atoms with Gasteiger partial charge in [-0.1, -0.05) is 24.3 Å². The number of esters is 1. The number of amides is 2. The van der Waals surface area contributed by atoms with Crippen LogP contribution < -0.4 is 20.3 Å². The fourth-order valence-corrected chi connectivity index (χ4v) is 7.27. The maximum absolute atomic E-state index is 14.5. The Labute approximate surface area is 292 Å². The minimum absolute atomic E-state index is 0.0296. The average Bonchev–Trinajstić information content (AvgIpc) is 3.58. The maximum atomic E-state index is 14.5. The summed E-state index contributed by atoms with van der Waals surface area (Å²) in [6.45, 7) is 4.50. The first kappa shape index (κ1) is 37.2. The minimum atomic E-state index is -4.05. The predicted molar refractivity (Wildman–Crippen MR) is 182 cm³/mol. The van der Waals surface area contributed by atoms with Gasteiger partial charge >= 0.3 is 13.5 Å². The average molecular weight is 730 g/mol. The second kappa shape index (κ2) is 15.0. The molecule has 0 saturated carbocycles. The Balaban J connectivity index is 1.53. The van der Waals surface area contributed by atoms with Gasteiger partial charge in [-0.2, -0.15) is 0 Å². The van der Waals surface area contributed by atoms with Crippen LogP contribution in [-0.4, -0.2) is 83.4 Å². The molecule has 51 heavy (non-hydrogen) atoms. The van der Waals surface area contributed by atoms with Crippen molar-refractivity contribution >= 4 is 31.5 Å². The SMILES string of the molecule is CC(C)OC(=O)C(C)/C=N\P(=O)(CCN1n2cc(C(=O)NCc3ccc(F)cc3F)c(=O)c(O)c2C(=O)N(C)[C@@]12CCOC2)Oc1ccccc1. The van der Waals surface area contributed by atoms with Crippen LogP contribution >= 0.6 is 7.52 Å². The zero-order chi connectivity index (χ0) is 37.1. The van der Waals surface area contributed by atoms with E-state index in [1.165, 1.54) is 25.1 Å². The number of ether oxygens (including phenoxy) is 2. The fourth-order valence-electron chi connectivity index (χ4n) is 5.72. The van der Waals surface area contributed by atoms with Crippen LogP contribution in [-0.2, 0) is 25.4 Å². The Morgan fingerprint density at radius 1 is 1.16 bits per heavy atom. The second-order valence-electron chi connectivity index (χ2n) is 12.4. The molecule has 2 aliphatic rings. The van der Waals surface area contributed by atoms with Crippen molar-refractivity contribution in [3.8, 4) is 11.5 Å². The molecule has 2 amide bonds. The Bertz CT molecular complexity index is 1950. The molecular formula is C34H38F2N5O9P. The van der Waals surface area contributed by atoms with Gasteiger partial charge in [0.15, 0.2) is 17.1 Å². The summed E-state index contributed by atoms with van der Waals surface area (Å²) in [6.07, 6.45) is 1.81. The Morgan fingerprint density at radius 2 is 1.88 bits per heavy atom. The number of halogens is 2. The summed E-state index contributed by atoms with van der Waals surface area (Å²) >= 11 is 0. The zero-order valence-electron chi connectivity index (χ0n) is 28.4. The van der Waals surface area contributed by atoms with Crippen molar-refractivity contribution in [2.24, 2.45) is 10.7 Å². The highest BCUT2D eigenvalue weighted by Gasteiger charge is 2.52. The molecule has 0 aliphatic carbocycles. The number of hydrogen-bond acceptors (Lipinski definition) is 10. The number of benzene rings is 2. The van der Waals surface area contributed by atoms with Crippen molar-refractivity contribution in [2.75, 3.05) is 38.0 Å². The van der Waals surface area contributed by atoms with Crippen molar-refractivity contribution in [3.63, 3.8) is 0 Å². The van der Waals surface area contributed by atoms with Crippen molar-refractivity contribution in [3.05, 3.63) is 93.4 Å². The van der Waals surface area contributed by atoms with Gasteiger partial charge in [0.25, 0.3) is 11.8 Å². The lowest BCUT2D eigenvalue weighted by Gasteiger charge is -2.52. The molecule has 1 fully saturated rings. The first-order valence-corrected chi connectivity index (χ1v) is 17.9. The molecule has 2 unspecified atom stereocenters. The van der Waals surface area contributed by atoms with Gasteiger partial charge in [0, 0.05) is 50.6 Å². The standard InChI is InChI=1S/C34H38F2N5O9P/c1-21(2)49-33(46)22(3)17-38-51(47,50-25-8-6-5-7-9-25)15-13-41-34(12-14-48-20-34)39(4)32(45)28-30(43)29(42)26(19-40(28)41)31(44)37-18-23-10-11-24(35)16-27(23)36/h5-11,16-17,19,21-22,43H,12-15,18,20H2,1-4H3,(H,37,44)/b38-17-/t22?,34-,51?/m0/s1. The van der Waals surface area contributed by atoms with Crippen LogP contribution in [0.15, 0.2) is 64.3 Å². The number of para-hydroxylation sites is 1. The Morgan fingerprint density at radius 3 is 2.53 bits per heavy atom. The molecule has 5 rings (SSSR count). The summed E-state index contributed by atoms with van der Waals surface area (Å²) in [5.74, 6) is -5.73. The molecule has 272 valence electrons. The van der Waals surface area contributed by atoms with Crippen LogP contribution in [0.25, 0.3) is 0 Å². The Hall–Kier alpha value is -5.08. The molecular weight excluding hydrogens is 691 g/mol. The molecule has 3 aromatic rings. The van der Waals surface area contributed by atoms with E-state index in [2.05, 4.69) is 10.1 Å². The van der Waals surface area contributed by atoms with Gasteiger partial charge < -0.3 is 29.3 Å². The van der Waals surface area contributed by atoms with Crippen LogP contribution in [0, 0.1) is 17.6 Å². The summed E-state index contributed by atoms with van der Waals surface area (Å²) in [5.41, 5.74) is -3.51. The highest BCUT2D eigenvalue weighted by Crippen LogP contribution is 2.49. The number of fused-ring (bicyclic) bond motifs is 1. The predicted octanol–water partition coefficient (Wildman–Crippen LogP) is 3.83. The van der Waals surface area contributed by atoms with E-state index in [1.807, 2.05) is 0 Å².